The molecule has 0 aliphatic rings. The molecule has 0 saturated heterocycles. The number of benzene rings is 2. The number of imidazole rings is 1. The highest BCUT2D eigenvalue weighted by Gasteiger charge is 2.13. The topological polar surface area (TPSA) is 115 Å². The standard InChI is InChI=1S/C23H19Cl2N7O/c24-16-5-14-7-17(9-27-19(33)8-13-3-1-2-4-18(13)25)31-20(14)15(6-16)10-32-12-30-21-22(26)28-11-29-23(21)32/h1-7,11-12,31H,8-10H2,(H,27,33)(H2,26,28,29). The lowest BCUT2D eigenvalue weighted by atomic mass is 10.1. The van der Waals surface area contributed by atoms with Crippen LogP contribution in [0.2, 0.25) is 10.0 Å². The van der Waals surface area contributed by atoms with E-state index < -0.39 is 0 Å². The molecule has 0 radical (unpaired) electrons. The fourth-order valence-corrected chi connectivity index (χ4v) is 4.28. The number of carbonyl (C=O) groups excluding carboxylic acids is 1. The van der Waals surface area contributed by atoms with Crippen LogP contribution in [0.25, 0.3) is 22.1 Å². The van der Waals surface area contributed by atoms with Crippen molar-refractivity contribution < 1.29 is 4.79 Å². The van der Waals surface area contributed by atoms with E-state index in [1.807, 2.05) is 41.0 Å². The number of nitrogens with two attached hydrogens (primary N) is 1. The van der Waals surface area contributed by atoms with E-state index in [-0.39, 0.29) is 12.3 Å². The Balaban J connectivity index is 1.37. The summed E-state index contributed by atoms with van der Waals surface area (Å²) in [6, 6.07) is 13.1. The number of amides is 1. The van der Waals surface area contributed by atoms with Crippen molar-refractivity contribution in [2.24, 2.45) is 0 Å². The van der Waals surface area contributed by atoms with E-state index in [4.69, 9.17) is 28.9 Å². The number of hydrogen-bond donors (Lipinski definition) is 3. The quantitative estimate of drug-likeness (QED) is 0.339. The summed E-state index contributed by atoms with van der Waals surface area (Å²) in [5, 5.41) is 5.08. The number of hydrogen-bond acceptors (Lipinski definition) is 5. The lowest BCUT2D eigenvalue weighted by Gasteiger charge is -2.07. The number of anilines is 1. The third-order valence-electron chi connectivity index (χ3n) is 5.39. The Hall–Kier alpha value is -3.62. The molecule has 0 atom stereocenters. The van der Waals surface area contributed by atoms with Crippen molar-refractivity contribution in [2.75, 3.05) is 5.73 Å². The average Bonchev–Trinajstić information content (AvgIpc) is 3.39. The number of H-pyrrole nitrogens is 1. The second kappa shape index (κ2) is 8.73. The average molecular weight is 480 g/mol. The van der Waals surface area contributed by atoms with Crippen LogP contribution in [0.5, 0.6) is 0 Å². The molecule has 4 N–H and O–H groups in total. The van der Waals surface area contributed by atoms with Crippen LogP contribution >= 0.6 is 23.2 Å². The van der Waals surface area contributed by atoms with E-state index >= 15 is 0 Å². The lowest BCUT2D eigenvalue weighted by molar-refractivity contribution is -0.120. The van der Waals surface area contributed by atoms with Crippen molar-refractivity contribution in [3.8, 4) is 0 Å². The van der Waals surface area contributed by atoms with Gasteiger partial charge in [0.2, 0.25) is 5.91 Å². The smallest absolute Gasteiger partial charge is 0.224 e. The van der Waals surface area contributed by atoms with Crippen molar-refractivity contribution in [1.29, 1.82) is 0 Å². The summed E-state index contributed by atoms with van der Waals surface area (Å²) in [4.78, 5) is 28.4. The third kappa shape index (κ3) is 4.35. The molecule has 0 saturated carbocycles. The molecule has 3 heterocycles. The fraction of sp³-hybridized carbons (Fsp3) is 0.130. The van der Waals surface area contributed by atoms with E-state index in [9.17, 15) is 4.79 Å². The van der Waals surface area contributed by atoms with Gasteiger partial charge in [-0.1, -0.05) is 41.4 Å². The maximum atomic E-state index is 12.4. The summed E-state index contributed by atoms with van der Waals surface area (Å²) in [5.74, 6) is 0.229. The second-order valence-corrected chi connectivity index (χ2v) is 8.52. The molecule has 8 nitrogen and oxygen atoms in total. The summed E-state index contributed by atoms with van der Waals surface area (Å²) in [7, 11) is 0. The van der Waals surface area contributed by atoms with Crippen LogP contribution in [-0.4, -0.2) is 30.4 Å². The first-order chi connectivity index (χ1) is 16.0. The number of aromatic nitrogens is 5. The van der Waals surface area contributed by atoms with Crippen LogP contribution in [-0.2, 0) is 24.3 Å². The summed E-state index contributed by atoms with van der Waals surface area (Å²) in [6.07, 6.45) is 3.32. The molecular weight excluding hydrogens is 461 g/mol. The zero-order valence-electron chi connectivity index (χ0n) is 17.3. The van der Waals surface area contributed by atoms with Crippen molar-refractivity contribution in [1.82, 2.24) is 29.8 Å². The Labute approximate surface area is 198 Å². The second-order valence-electron chi connectivity index (χ2n) is 7.67. The molecule has 0 unspecified atom stereocenters. The SMILES string of the molecule is Nc1ncnc2c1ncn2Cc1cc(Cl)cc2cc(CNC(=O)Cc3ccccc3Cl)[nH]c12. The van der Waals surface area contributed by atoms with Crippen LogP contribution in [0, 0.1) is 0 Å². The van der Waals surface area contributed by atoms with E-state index in [2.05, 4.69) is 25.3 Å². The zero-order valence-corrected chi connectivity index (χ0v) is 18.9. The first-order valence-corrected chi connectivity index (χ1v) is 10.9. The molecule has 5 rings (SSSR count). The summed E-state index contributed by atoms with van der Waals surface area (Å²) >= 11 is 12.5. The molecule has 2 aromatic carbocycles. The molecular formula is C23H19Cl2N7O. The fourth-order valence-electron chi connectivity index (χ4n) is 3.83. The minimum atomic E-state index is -0.109. The Bertz CT molecular complexity index is 1490. The molecule has 0 fully saturated rings. The van der Waals surface area contributed by atoms with E-state index in [0.717, 1.165) is 27.7 Å². The molecule has 0 aliphatic carbocycles. The van der Waals surface area contributed by atoms with Crippen LogP contribution in [0.1, 0.15) is 16.8 Å². The summed E-state index contributed by atoms with van der Waals surface area (Å²) in [5.41, 5.74) is 10.7. The number of fused-ring (bicyclic) bond motifs is 2. The molecule has 10 heteroatoms. The molecule has 166 valence electrons. The van der Waals surface area contributed by atoms with Gasteiger partial charge < -0.3 is 20.6 Å². The predicted molar refractivity (Wildman–Crippen MR) is 129 cm³/mol. The molecule has 0 bridgehead atoms. The van der Waals surface area contributed by atoms with E-state index in [1.165, 1.54) is 6.33 Å². The van der Waals surface area contributed by atoms with Gasteiger partial charge in [-0.3, -0.25) is 4.79 Å². The van der Waals surface area contributed by atoms with E-state index in [1.54, 1.807) is 12.4 Å². The van der Waals surface area contributed by atoms with Crippen LogP contribution < -0.4 is 11.1 Å². The molecule has 0 aliphatic heterocycles. The maximum Gasteiger partial charge on any atom is 0.224 e. The van der Waals surface area contributed by atoms with Gasteiger partial charge in [0.05, 0.1) is 31.4 Å². The van der Waals surface area contributed by atoms with Crippen molar-refractivity contribution in [3.05, 3.63) is 82.0 Å². The first-order valence-electron chi connectivity index (χ1n) is 10.2. The monoisotopic (exact) mass is 479 g/mol. The Kier molecular flexibility index (Phi) is 5.62. The van der Waals surface area contributed by atoms with Gasteiger partial charge in [-0.05, 0) is 35.4 Å². The normalized spacial score (nSPS) is 11.3. The van der Waals surface area contributed by atoms with Crippen LogP contribution in [0.3, 0.4) is 0 Å². The molecule has 1 amide bonds. The number of nitrogens with one attached hydrogen (secondary N) is 2. The van der Waals surface area contributed by atoms with Crippen molar-refractivity contribution in [2.45, 2.75) is 19.5 Å². The summed E-state index contributed by atoms with van der Waals surface area (Å²) in [6.45, 7) is 0.843. The number of aromatic amines is 1. The largest absolute Gasteiger partial charge is 0.382 e. The van der Waals surface area contributed by atoms with Gasteiger partial charge in [0, 0.05) is 21.1 Å². The van der Waals surface area contributed by atoms with Gasteiger partial charge in [-0.15, -0.1) is 0 Å². The number of rotatable bonds is 6. The van der Waals surface area contributed by atoms with Crippen molar-refractivity contribution >= 4 is 57.0 Å². The first kappa shape index (κ1) is 21.2. The zero-order chi connectivity index (χ0) is 22.9. The van der Waals surface area contributed by atoms with Gasteiger partial charge in [0.15, 0.2) is 11.5 Å². The molecule has 0 spiro atoms. The maximum absolute atomic E-state index is 12.4. The minimum absolute atomic E-state index is 0.109. The number of nitrogens with zero attached hydrogens (tertiary/aromatic N) is 4. The number of carbonyl (C=O) groups is 1. The van der Waals surface area contributed by atoms with Gasteiger partial charge >= 0.3 is 0 Å². The Morgan fingerprint density at radius 2 is 1.94 bits per heavy atom. The van der Waals surface area contributed by atoms with E-state index in [0.29, 0.717) is 40.1 Å². The lowest BCUT2D eigenvalue weighted by Crippen LogP contribution is -2.24. The van der Waals surface area contributed by atoms with Gasteiger partial charge in [-0.25, -0.2) is 15.0 Å². The van der Waals surface area contributed by atoms with Crippen molar-refractivity contribution in [3.63, 3.8) is 0 Å². The summed E-state index contributed by atoms with van der Waals surface area (Å²) < 4.78 is 1.89. The molecule has 33 heavy (non-hydrogen) atoms. The Morgan fingerprint density at radius 1 is 1.09 bits per heavy atom. The number of halogens is 2. The highest BCUT2D eigenvalue weighted by Crippen LogP contribution is 2.26. The van der Waals surface area contributed by atoms with Gasteiger partial charge in [0.25, 0.3) is 0 Å². The Morgan fingerprint density at radius 3 is 2.79 bits per heavy atom. The number of nitrogen functional groups attached to an aromatic ring is 1. The van der Waals surface area contributed by atoms with Crippen LogP contribution in [0.4, 0.5) is 5.82 Å². The molecule has 5 aromatic rings. The van der Waals surface area contributed by atoms with Gasteiger partial charge in [0.1, 0.15) is 11.8 Å². The highest BCUT2D eigenvalue weighted by molar-refractivity contribution is 6.31. The highest BCUT2D eigenvalue weighted by atomic mass is 35.5. The minimum Gasteiger partial charge on any atom is -0.382 e. The third-order valence-corrected chi connectivity index (χ3v) is 5.97. The van der Waals surface area contributed by atoms with Crippen LogP contribution in [0.15, 0.2) is 55.1 Å². The van der Waals surface area contributed by atoms with Gasteiger partial charge in [-0.2, -0.15) is 0 Å². The molecule has 3 aromatic heterocycles. The predicted octanol–water partition coefficient (Wildman–Crippen LogP) is 4.10.